The smallest absolute Gasteiger partial charge is 0.343 e. The van der Waals surface area contributed by atoms with Gasteiger partial charge in [-0.05, 0) is 50.4 Å². The molecule has 2 aromatic rings. The molecule has 3 rings (SSSR count). The number of hydrogen-bond donors (Lipinski definition) is 1. The van der Waals surface area contributed by atoms with Crippen LogP contribution in [-0.4, -0.2) is 55.6 Å². The predicted molar refractivity (Wildman–Crippen MR) is 165 cm³/mol. The maximum atomic E-state index is 12.5. The van der Waals surface area contributed by atoms with Gasteiger partial charge in [0.2, 0.25) is 0 Å². The molecular weight excluding hydrogens is 556 g/mol. The van der Waals surface area contributed by atoms with Crippen LogP contribution in [0, 0.1) is 6.92 Å². The number of aromatic nitrogens is 2. The molecule has 1 aliphatic rings. The highest BCUT2D eigenvalue weighted by Gasteiger charge is 2.50. The molecule has 11 heteroatoms. The average Bonchev–Trinajstić information content (AvgIpc) is 3.36. The lowest BCUT2D eigenvalue weighted by Crippen LogP contribution is -2.54. The molecule has 42 heavy (non-hydrogen) atoms. The molecule has 0 amide bonds. The van der Waals surface area contributed by atoms with Crippen molar-refractivity contribution in [2.24, 2.45) is 0 Å². The Labute approximate surface area is 250 Å². The second-order valence-corrected chi connectivity index (χ2v) is 15.9. The molecule has 0 spiro atoms. The quantitative estimate of drug-likeness (QED) is 0.177. The minimum Gasteiger partial charge on any atom is -0.427 e. The van der Waals surface area contributed by atoms with Gasteiger partial charge >= 0.3 is 20.2 Å². The Morgan fingerprint density at radius 2 is 1.74 bits per heavy atom. The van der Waals surface area contributed by atoms with Crippen molar-refractivity contribution in [2.75, 3.05) is 13.7 Å². The summed E-state index contributed by atoms with van der Waals surface area (Å²) in [6, 6.07) is 9.01. The Bertz CT molecular complexity index is 1230. The number of ether oxygens (including phenoxy) is 3. The van der Waals surface area contributed by atoms with E-state index in [1.165, 1.54) is 10.8 Å². The Balaban J connectivity index is 0.00000301. The summed E-state index contributed by atoms with van der Waals surface area (Å²) in [5, 5.41) is 0. The molecule has 0 bridgehead atoms. The molecule has 1 N–H and O–H groups in total. The van der Waals surface area contributed by atoms with Gasteiger partial charge < -0.3 is 23.1 Å². The van der Waals surface area contributed by atoms with Crippen molar-refractivity contribution in [3.63, 3.8) is 0 Å². The van der Waals surface area contributed by atoms with Crippen molar-refractivity contribution in [2.45, 2.75) is 117 Å². The first-order chi connectivity index (χ1) is 19.8. The van der Waals surface area contributed by atoms with Crippen LogP contribution in [0.15, 0.2) is 46.1 Å². The van der Waals surface area contributed by atoms with E-state index in [2.05, 4.69) is 32.7 Å². The molecule has 0 saturated carbocycles. The summed E-state index contributed by atoms with van der Waals surface area (Å²) in [6.45, 7) is 18.2. The van der Waals surface area contributed by atoms with Crippen LogP contribution in [0.4, 0.5) is 0 Å². The summed E-state index contributed by atoms with van der Waals surface area (Å²) in [5.74, 6) is 0.204. The van der Waals surface area contributed by atoms with Crippen molar-refractivity contribution >= 4 is 14.5 Å². The lowest BCUT2D eigenvalue weighted by atomic mass is 10.0. The van der Waals surface area contributed by atoms with Crippen LogP contribution >= 0.6 is 0 Å². The topological polar surface area (TPSA) is 118 Å². The van der Waals surface area contributed by atoms with Gasteiger partial charge in [-0.25, -0.2) is 4.79 Å². The molecule has 1 saturated heterocycles. The number of esters is 1. The molecule has 1 unspecified atom stereocenters. The van der Waals surface area contributed by atoms with Crippen LogP contribution < -0.4 is 16.0 Å². The largest absolute Gasteiger partial charge is 0.427 e. The lowest BCUT2D eigenvalue weighted by molar-refractivity contribution is -0.135. The van der Waals surface area contributed by atoms with Gasteiger partial charge in [-0.3, -0.25) is 19.1 Å². The molecule has 3 atom stereocenters. The van der Waals surface area contributed by atoms with Crippen molar-refractivity contribution in [3.8, 4) is 5.75 Å². The SMILES string of the molecule is CC.COC1C[C@H](n2cc(C)c(=O)[nH]c2=O)O[C@@H]1CO[Si](OC(C)(C)CCC(=O)Oc1ccccc1)(C(C)C)C(C)C. The van der Waals surface area contributed by atoms with E-state index in [1.807, 2.05) is 45.9 Å². The third kappa shape index (κ3) is 9.21. The van der Waals surface area contributed by atoms with Gasteiger partial charge in [0.25, 0.3) is 5.56 Å². The van der Waals surface area contributed by atoms with Crippen molar-refractivity contribution in [3.05, 3.63) is 62.9 Å². The number of para-hydroxylation sites is 1. The van der Waals surface area contributed by atoms with E-state index in [-0.39, 0.29) is 36.2 Å². The summed E-state index contributed by atoms with van der Waals surface area (Å²) in [4.78, 5) is 39.1. The summed E-state index contributed by atoms with van der Waals surface area (Å²) in [7, 11) is -1.27. The lowest BCUT2D eigenvalue weighted by Gasteiger charge is -2.44. The number of methoxy groups -OCH3 is 1. The number of H-pyrrole nitrogens is 1. The highest BCUT2D eigenvalue weighted by atomic mass is 28.4. The van der Waals surface area contributed by atoms with Crippen LogP contribution in [0.1, 0.15) is 86.4 Å². The molecule has 0 radical (unpaired) electrons. The summed E-state index contributed by atoms with van der Waals surface area (Å²) in [5.41, 5.74) is -0.958. The maximum absolute atomic E-state index is 12.5. The monoisotopic (exact) mass is 606 g/mol. The zero-order valence-electron chi connectivity index (χ0n) is 26.9. The number of carbonyl (C=O) groups is 1. The van der Waals surface area contributed by atoms with Gasteiger partial charge in [0.05, 0.1) is 18.3 Å². The average molecular weight is 607 g/mol. The third-order valence-corrected chi connectivity index (χ3v) is 12.1. The number of carbonyl (C=O) groups excluding carboxylic acids is 1. The van der Waals surface area contributed by atoms with E-state index in [0.717, 1.165) is 0 Å². The minimum atomic E-state index is -2.87. The fourth-order valence-corrected chi connectivity index (χ4v) is 9.02. The Kier molecular flexibility index (Phi) is 13.4. The molecule has 1 aromatic carbocycles. The molecule has 2 heterocycles. The van der Waals surface area contributed by atoms with Crippen molar-refractivity contribution in [1.29, 1.82) is 0 Å². The highest BCUT2D eigenvalue weighted by molar-refractivity contribution is 6.70. The first-order valence-corrected chi connectivity index (χ1v) is 16.8. The number of aromatic amines is 1. The Morgan fingerprint density at radius 3 is 2.31 bits per heavy atom. The molecule has 0 aliphatic carbocycles. The molecule has 1 fully saturated rings. The number of nitrogens with zero attached hydrogens (tertiary/aromatic N) is 1. The molecule has 10 nitrogen and oxygen atoms in total. The van der Waals surface area contributed by atoms with E-state index in [0.29, 0.717) is 24.2 Å². The van der Waals surface area contributed by atoms with Gasteiger partial charge in [-0.1, -0.05) is 59.7 Å². The van der Waals surface area contributed by atoms with Crippen LogP contribution in [0.2, 0.25) is 11.1 Å². The zero-order valence-corrected chi connectivity index (χ0v) is 27.9. The number of rotatable bonds is 13. The van der Waals surface area contributed by atoms with Crippen LogP contribution in [0.25, 0.3) is 0 Å². The number of benzene rings is 1. The predicted octanol–water partition coefficient (Wildman–Crippen LogP) is 5.63. The van der Waals surface area contributed by atoms with Crippen LogP contribution in [-0.2, 0) is 23.1 Å². The first-order valence-electron chi connectivity index (χ1n) is 14.9. The summed E-state index contributed by atoms with van der Waals surface area (Å²) < 4.78 is 32.4. The van der Waals surface area contributed by atoms with Crippen LogP contribution in [0.3, 0.4) is 0 Å². The van der Waals surface area contributed by atoms with Crippen molar-refractivity contribution in [1.82, 2.24) is 9.55 Å². The van der Waals surface area contributed by atoms with E-state index >= 15 is 0 Å². The highest BCUT2D eigenvalue weighted by Crippen LogP contribution is 2.40. The number of aryl methyl sites for hydroxylation is 1. The van der Waals surface area contributed by atoms with E-state index in [4.69, 9.17) is 23.1 Å². The number of hydrogen-bond acceptors (Lipinski definition) is 8. The van der Waals surface area contributed by atoms with Gasteiger partial charge in [0, 0.05) is 31.7 Å². The third-order valence-electron chi connectivity index (χ3n) is 7.36. The Hall–Kier alpha value is -2.57. The number of nitrogens with one attached hydrogen (secondary N) is 1. The second kappa shape index (κ2) is 15.8. The zero-order chi connectivity index (χ0) is 31.7. The first kappa shape index (κ1) is 35.6. The summed E-state index contributed by atoms with van der Waals surface area (Å²) >= 11 is 0. The Morgan fingerprint density at radius 1 is 1.12 bits per heavy atom. The maximum Gasteiger partial charge on any atom is 0.343 e. The normalized spacial score (nSPS) is 19.1. The molecular formula is C31H50N2O8Si. The standard InChI is InChI=1S/C29H44N2O8Si.C2H6/c1-19(2)40(20(3)4,39-29(6,7)15-14-26(32)37-22-12-10-9-11-13-22)36-18-24-23(35-8)16-25(38-24)31-17-21(5)27(33)30-28(31)34;1-2/h9-13,17,19-20,23-25H,14-16,18H2,1-8H3,(H,30,33,34);1-2H3/t23?,24-,25-;/m1./s1. The minimum absolute atomic E-state index is 0.103. The fourth-order valence-electron chi connectivity index (χ4n) is 5.10. The van der Waals surface area contributed by atoms with Gasteiger partial charge in [-0.15, -0.1) is 0 Å². The fraction of sp³-hybridized carbons (Fsp3) is 0.645. The van der Waals surface area contributed by atoms with Crippen LogP contribution in [0.5, 0.6) is 5.75 Å². The van der Waals surface area contributed by atoms with Gasteiger partial charge in [0.15, 0.2) is 0 Å². The molecule has 236 valence electrons. The van der Waals surface area contributed by atoms with E-state index < -0.39 is 37.7 Å². The summed E-state index contributed by atoms with van der Waals surface area (Å²) in [6.07, 6.45) is 1.27. The van der Waals surface area contributed by atoms with E-state index in [1.54, 1.807) is 26.2 Å². The van der Waals surface area contributed by atoms with E-state index in [9.17, 15) is 14.4 Å². The molecule has 1 aromatic heterocycles. The van der Waals surface area contributed by atoms with Crippen molar-refractivity contribution < 1.29 is 27.9 Å². The van der Waals surface area contributed by atoms with Gasteiger partial charge in [-0.2, -0.15) is 0 Å². The van der Waals surface area contributed by atoms with Gasteiger partial charge in [0.1, 0.15) is 18.1 Å². The molecule has 1 aliphatic heterocycles. The second-order valence-electron chi connectivity index (χ2n) is 11.6.